The SMILES string of the molecule is Clc1cc(Br)ccc1CNc1ccc(Cl)c2ncccc12. The van der Waals surface area contributed by atoms with Crippen LogP contribution < -0.4 is 5.32 Å². The molecule has 0 aliphatic carbocycles. The van der Waals surface area contributed by atoms with Gasteiger partial charge in [-0.15, -0.1) is 0 Å². The lowest BCUT2D eigenvalue weighted by atomic mass is 10.1. The highest BCUT2D eigenvalue weighted by molar-refractivity contribution is 9.10. The molecule has 5 heteroatoms. The van der Waals surface area contributed by atoms with E-state index in [2.05, 4.69) is 26.2 Å². The number of fused-ring (bicyclic) bond motifs is 1. The largest absolute Gasteiger partial charge is 0.380 e. The van der Waals surface area contributed by atoms with E-state index in [4.69, 9.17) is 23.2 Å². The molecular formula is C16H11BrCl2N2. The lowest BCUT2D eigenvalue weighted by Crippen LogP contribution is -2.01. The maximum Gasteiger partial charge on any atom is 0.0908 e. The molecule has 0 aliphatic rings. The van der Waals surface area contributed by atoms with Crippen LogP contribution in [0.1, 0.15) is 5.56 Å². The van der Waals surface area contributed by atoms with E-state index in [0.717, 1.165) is 31.6 Å². The molecule has 106 valence electrons. The van der Waals surface area contributed by atoms with Gasteiger partial charge < -0.3 is 5.32 Å². The van der Waals surface area contributed by atoms with Gasteiger partial charge in [0.25, 0.3) is 0 Å². The van der Waals surface area contributed by atoms with Crippen LogP contribution in [0.15, 0.2) is 53.1 Å². The summed E-state index contributed by atoms with van der Waals surface area (Å²) in [6.45, 7) is 0.637. The number of hydrogen-bond donors (Lipinski definition) is 1. The molecule has 21 heavy (non-hydrogen) atoms. The topological polar surface area (TPSA) is 24.9 Å². The monoisotopic (exact) mass is 380 g/mol. The molecule has 1 N–H and O–H groups in total. The highest BCUT2D eigenvalue weighted by atomic mass is 79.9. The fourth-order valence-electron chi connectivity index (χ4n) is 2.15. The number of hydrogen-bond acceptors (Lipinski definition) is 2. The van der Waals surface area contributed by atoms with Crippen molar-refractivity contribution in [3.05, 3.63) is 68.7 Å². The smallest absolute Gasteiger partial charge is 0.0908 e. The fraction of sp³-hybridized carbons (Fsp3) is 0.0625. The maximum absolute atomic E-state index is 6.24. The fourth-order valence-corrected chi connectivity index (χ4v) is 3.10. The minimum Gasteiger partial charge on any atom is -0.380 e. The zero-order chi connectivity index (χ0) is 14.8. The van der Waals surface area contributed by atoms with Gasteiger partial charge in [-0.1, -0.05) is 45.2 Å². The van der Waals surface area contributed by atoms with Gasteiger partial charge in [-0.2, -0.15) is 0 Å². The number of nitrogens with zero attached hydrogens (tertiary/aromatic N) is 1. The first-order chi connectivity index (χ1) is 10.1. The van der Waals surface area contributed by atoms with Crippen molar-refractivity contribution in [1.82, 2.24) is 4.98 Å². The van der Waals surface area contributed by atoms with Crippen molar-refractivity contribution in [2.45, 2.75) is 6.54 Å². The first-order valence-electron chi connectivity index (χ1n) is 6.36. The van der Waals surface area contributed by atoms with E-state index >= 15 is 0 Å². The number of nitrogens with one attached hydrogen (secondary N) is 1. The Morgan fingerprint density at radius 3 is 2.71 bits per heavy atom. The van der Waals surface area contributed by atoms with Crippen molar-refractivity contribution in [3.63, 3.8) is 0 Å². The molecule has 0 unspecified atom stereocenters. The number of benzene rings is 2. The van der Waals surface area contributed by atoms with Gasteiger partial charge >= 0.3 is 0 Å². The Kier molecular flexibility index (Phi) is 4.34. The molecule has 0 atom stereocenters. The second-order valence-electron chi connectivity index (χ2n) is 4.58. The average Bonchev–Trinajstić information content (AvgIpc) is 2.48. The summed E-state index contributed by atoms with van der Waals surface area (Å²) >= 11 is 15.8. The summed E-state index contributed by atoms with van der Waals surface area (Å²) in [5, 5.41) is 5.77. The Morgan fingerprint density at radius 2 is 1.90 bits per heavy atom. The van der Waals surface area contributed by atoms with Gasteiger partial charge in [0.05, 0.1) is 10.5 Å². The minimum atomic E-state index is 0.637. The van der Waals surface area contributed by atoms with Crippen molar-refractivity contribution < 1.29 is 0 Å². The van der Waals surface area contributed by atoms with E-state index in [9.17, 15) is 0 Å². The van der Waals surface area contributed by atoms with Gasteiger partial charge in [-0.3, -0.25) is 4.98 Å². The van der Waals surface area contributed by atoms with Crippen molar-refractivity contribution in [2.24, 2.45) is 0 Å². The highest BCUT2D eigenvalue weighted by Crippen LogP contribution is 2.29. The molecule has 0 fully saturated rings. The number of halogens is 3. The molecular weight excluding hydrogens is 371 g/mol. The summed E-state index contributed by atoms with van der Waals surface area (Å²) in [6, 6.07) is 13.6. The predicted molar refractivity (Wildman–Crippen MR) is 93.2 cm³/mol. The molecule has 0 spiro atoms. The van der Waals surface area contributed by atoms with Crippen LogP contribution in [0.4, 0.5) is 5.69 Å². The van der Waals surface area contributed by atoms with Gasteiger partial charge in [0.1, 0.15) is 0 Å². The standard InChI is InChI=1S/C16H11BrCl2N2/c17-11-4-3-10(14(19)8-11)9-21-15-6-5-13(18)16-12(15)2-1-7-20-16/h1-8,21H,9H2. The Balaban J connectivity index is 1.90. The third-order valence-corrected chi connectivity index (χ3v) is 4.35. The van der Waals surface area contributed by atoms with Crippen LogP contribution in [0.2, 0.25) is 10.0 Å². The molecule has 0 amide bonds. The Labute approximate surface area is 141 Å². The van der Waals surface area contributed by atoms with Gasteiger partial charge in [-0.25, -0.2) is 0 Å². The summed E-state index contributed by atoms with van der Waals surface area (Å²) in [5.41, 5.74) is 2.82. The first-order valence-corrected chi connectivity index (χ1v) is 7.91. The molecule has 0 radical (unpaired) electrons. The molecule has 0 saturated carbocycles. The predicted octanol–water partition coefficient (Wildman–Crippen LogP) is 5.92. The Bertz CT molecular complexity index is 805. The van der Waals surface area contributed by atoms with Gasteiger partial charge in [0.15, 0.2) is 0 Å². The van der Waals surface area contributed by atoms with Crippen LogP contribution in [0, 0.1) is 0 Å². The normalized spacial score (nSPS) is 10.8. The molecule has 0 aliphatic heterocycles. The summed E-state index contributed by atoms with van der Waals surface area (Å²) in [5.74, 6) is 0. The van der Waals surface area contributed by atoms with E-state index < -0.39 is 0 Å². The van der Waals surface area contributed by atoms with Crippen LogP contribution in [-0.2, 0) is 6.54 Å². The molecule has 3 rings (SSSR count). The quantitative estimate of drug-likeness (QED) is 0.609. The summed E-state index contributed by atoms with van der Waals surface area (Å²) in [6.07, 6.45) is 1.74. The lowest BCUT2D eigenvalue weighted by molar-refractivity contribution is 1.15. The number of pyridine rings is 1. The number of rotatable bonds is 3. The third kappa shape index (κ3) is 3.15. The van der Waals surface area contributed by atoms with Crippen molar-refractivity contribution in [1.29, 1.82) is 0 Å². The van der Waals surface area contributed by atoms with Crippen LogP contribution in [0.5, 0.6) is 0 Å². The van der Waals surface area contributed by atoms with E-state index in [1.165, 1.54) is 0 Å². The van der Waals surface area contributed by atoms with E-state index in [-0.39, 0.29) is 0 Å². The molecule has 0 saturated heterocycles. The molecule has 3 aromatic rings. The molecule has 0 bridgehead atoms. The second-order valence-corrected chi connectivity index (χ2v) is 6.31. The minimum absolute atomic E-state index is 0.637. The zero-order valence-electron chi connectivity index (χ0n) is 10.9. The van der Waals surface area contributed by atoms with E-state index in [1.807, 2.05) is 42.5 Å². The molecule has 1 aromatic heterocycles. The Hall–Kier alpha value is -1.29. The van der Waals surface area contributed by atoms with Crippen LogP contribution in [0.25, 0.3) is 10.9 Å². The highest BCUT2D eigenvalue weighted by Gasteiger charge is 2.06. The molecule has 2 aromatic carbocycles. The van der Waals surface area contributed by atoms with Crippen LogP contribution in [0.3, 0.4) is 0 Å². The first kappa shape index (κ1) is 14.6. The van der Waals surface area contributed by atoms with Crippen molar-refractivity contribution >= 4 is 55.7 Å². The summed E-state index contributed by atoms with van der Waals surface area (Å²) < 4.78 is 0.970. The van der Waals surface area contributed by atoms with E-state index in [0.29, 0.717) is 11.6 Å². The summed E-state index contributed by atoms with van der Waals surface area (Å²) in [4.78, 5) is 4.32. The van der Waals surface area contributed by atoms with Gasteiger partial charge in [-0.05, 0) is 42.0 Å². The zero-order valence-corrected chi connectivity index (χ0v) is 14.0. The molecule has 1 heterocycles. The average molecular weight is 382 g/mol. The van der Waals surface area contributed by atoms with Crippen LogP contribution >= 0.6 is 39.1 Å². The second kappa shape index (κ2) is 6.22. The van der Waals surface area contributed by atoms with Crippen molar-refractivity contribution in [2.75, 3.05) is 5.32 Å². The summed E-state index contributed by atoms with van der Waals surface area (Å²) in [7, 11) is 0. The lowest BCUT2D eigenvalue weighted by Gasteiger charge is -2.11. The number of aromatic nitrogens is 1. The van der Waals surface area contributed by atoms with Crippen LogP contribution in [-0.4, -0.2) is 4.98 Å². The Morgan fingerprint density at radius 1 is 1.05 bits per heavy atom. The van der Waals surface area contributed by atoms with Gasteiger partial charge in [0, 0.05) is 33.3 Å². The maximum atomic E-state index is 6.24. The van der Waals surface area contributed by atoms with Gasteiger partial charge in [0.2, 0.25) is 0 Å². The molecule has 2 nitrogen and oxygen atoms in total. The number of anilines is 1. The third-order valence-electron chi connectivity index (χ3n) is 3.20. The van der Waals surface area contributed by atoms with Crippen molar-refractivity contribution in [3.8, 4) is 0 Å². The van der Waals surface area contributed by atoms with E-state index in [1.54, 1.807) is 6.20 Å².